The van der Waals surface area contributed by atoms with Gasteiger partial charge < -0.3 is 14.9 Å². The first-order chi connectivity index (χ1) is 9.13. The number of methoxy groups -OCH3 is 1. The summed E-state index contributed by atoms with van der Waals surface area (Å²) < 4.78 is 5.13. The molecule has 0 radical (unpaired) electrons. The molecule has 1 aromatic carbocycles. The summed E-state index contributed by atoms with van der Waals surface area (Å²) >= 11 is 1.95. The Kier molecular flexibility index (Phi) is 4.71. The van der Waals surface area contributed by atoms with Crippen LogP contribution >= 0.6 is 11.8 Å². The molecule has 2 N–H and O–H groups in total. The molecule has 0 spiro atoms. The summed E-state index contributed by atoms with van der Waals surface area (Å²) in [5.74, 6) is 1.88. The van der Waals surface area contributed by atoms with E-state index < -0.39 is 12.1 Å². The van der Waals surface area contributed by atoms with Crippen LogP contribution in [0.4, 0.5) is 0 Å². The lowest BCUT2D eigenvalue weighted by atomic mass is 9.91. The maximum Gasteiger partial charge on any atom is 0.337 e. The molecule has 5 heteroatoms. The van der Waals surface area contributed by atoms with E-state index in [1.165, 1.54) is 7.11 Å². The maximum absolute atomic E-state index is 10.9. The highest BCUT2D eigenvalue weighted by atomic mass is 32.2. The number of aliphatic hydroxyl groups is 1. The third-order valence-corrected chi connectivity index (χ3v) is 4.52. The Morgan fingerprint density at radius 1 is 1.42 bits per heavy atom. The van der Waals surface area contributed by atoms with Gasteiger partial charge in [-0.05, 0) is 48.0 Å². The molecule has 0 aromatic heterocycles. The van der Waals surface area contributed by atoms with Crippen molar-refractivity contribution in [3.8, 4) is 5.75 Å². The molecule has 1 unspecified atom stereocenters. The Balaban J connectivity index is 2.31. The Morgan fingerprint density at radius 3 is 2.68 bits per heavy atom. The molecule has 0 saturated carbocycles. The van der Waals surface area contributed by atoms with E-state index in [2.05, 4.69) is 0 Å². The van der Waals surface area contributed by atoms with Gasteiger partial charge in [-0.25, -0.2) is 4.79 Å². The molecular formula is C14H18O4S. The Labute approximate surface area is 116 Å². The van der Waals surface area contributed by atoms with Crippen molar-refractivity contribution in [1.82, 2.24) is 0 Å². The van der Waals surface area contributed by atoms with E-state index in [-0.39, 0.29) is 0 Å². The second kappa shape index (κ2) is 6.30. The first kappa shape index (κ1) is 14.2. The van der Waals surface area contributed by atoms with Crippen LogP contribution in [0.3, 0.4) is 0 Å². The van der Waals surface area contributed by atoms with Gasteiger partial charge in [-0.1, -0.05) is 6.07 Å². The molecule has 0 amide bonds. The topological polar surface area (TPSA) is 66.8 Å². The average Bonchev–Trinajstić information content (AvgIpc) is 2.46. The molecule has 19 heavy (non-hydrogen) atoms. The number of ether oxygens (including phenoxy) is 1. The van der Waals surface area contributed by atoms with Gasteiger partial charge in [0, 0.05) is 5.56 Å². The first-order valence-electron chi connectivity index (χ1n) is 6.30. The first-order valence-corrected chi connectivity index (χ1v) is 7.45. The van der Waals surface area contributed by atoms with E-state index in [1.807, 2.05) is 17.8 Å². The van der Waals surface area contributed by atoms with E-state index in [0.717, 1.165) is 29.9 Å². The third-order valence-electron chi connectivity index (χ3n) is 3.47. The van der Waals surface area contributed by atoms with Crippen LogP contribution < -0.4 is 4.74 Å². The molecule has 1 aliphatic heterocycles. The van der Waals surface area contributed by atoms with Crippen molar-refractivity contribution in [2.75, 3.05) is 18.6 Å². The molecule has 1 aromatic rings. The van der Waals surface area contributed by atoms with Gasteiger partial charge in [0.2, 0.25) is 0 Å². The van der Waals surface area contributed by atoms with Gasteiger partial charge in [0.05, 0.1) is 7.11 Å². The quantitative estimate of drug-likeness (QED) is 0.887. The number of hydrogen-bond donors (Lipinski definition) is 2. The maximum atomic E-state index is 10.9. The third kappa shape index (κ3) is 3.22. The van der Waals surface area contributed by atoms with Gasteiger partial charge in [0.15, 0.2) is 6.10 Å². The van der Waals surface area contributed by atoms with E-state index in [9.17, 15) is 9.90 Å². The fourth-order valence-electron chi connectivity index (χ4n) is 2.38. The summed E-state index contributed by atoms with van der Waals surface area (Å²) in [6.07, 6.45) is 0.659. The summed E-state index contributed by atoms with van der Waals surface area (Å²) in [7, 11) is 1.48. The summed E-state index contributed by atoms with van der Waals surface area (Å²) in [5.41, 5.74) is 1.43. The molecule has 1 saturated heterocycles. The Morgan fingerprint density at radius 2 is 2.11 bits per heavy atom. The smallest absolute Gasteiger partial charge is 0.337 e. The Hall–Kier alpha value is -1.20. The molecule has 1 heterocycles. The molecule has 104 valence electrons. The number of benzene rings is 1. The van der Waals surface area contributed by atoms with Crippen molar-refractivity contribution in [1.29, 1.82) is 0 Å². The van der Waals surface area contributed by atoms with Crippen LogP contribution in [0.2, 0.25) is 0 Å². The summed E-state index contributed by atoms with van der Waals surface area (Å²) in [6.45, 7) is 0. The molecule has 2 rings (SSSR count). The lowest BCUT2D eigenvalue weighted by Gasteiger charge is -2.23. The normalized spacial score (nSPS) is 18.0. The van der Waals surface area contributed by atoms with Crippen LogP contribution in [-0.2, 0) is 4.79 Å². The van der Waals surface area contributed by atoms with Crippen LogP contribution in [-0.4, -0.2) is 34.8 Å². The van der Waals surface area contributed by atoms with Crippen LogP contribution in [0.5, 0.6) is 5.75 Å². The predicted molar refractivity (Wildman–Crippen MR) is 74.9 cm³/mol. The van der Waals surface area contributed by atoms with Gasteiger partial charge in [-0.15, -0.1) is 0 Å². The van der Waals surface area contributed by atoms with Crippen molar-refractivity contribution in [3.63, 3.8) is 0 Å². The number of carboxylic acids is 1. The number of thioether (sulfide) groups is 1. The number of hydrogen-bond acceptors (Lipinski definition) is 4. The minimum absolute atomic E-state index is 0.339. The highest BCUT2D eigenvalue weighted by molar-refractivity contribution is 7.99. The molecule has 1 fully saturated rings. The van der Waals surface area contributed by atoms with Crippen LogP contribution in [0.15, 0.2) is 18.2 Å². The molecule has 1 atom stereocenters. The van der Waals surface area contributed by atoms with Crippen molar-refractivity contribution < 1.29 is 19.7 Å². The molecule has 0 aliphatic carbocycles. The van der Waals surface area contributed by atoms with Crippen LogP contribution in [0.25, 0.3) is 0 Å². The summed E-state index contributed by atoms with van der Waals surface area (Å²) in [6, 6.07) is 5.49. The largest absolute Gasteiger partial charge is 0.496 e. The van der Waals surface area contributed by atoms with Crippen molar-refractivity contribution >= 4 is 17.7 Å². The average molecular weight is 282 g/mol. The molecule has 0 bridgehead atoms. The highest BCUT2D eigenvalue weighted by Gasteiger charge is 2.23. The molecule has 4 nitrogen and oxygen atoms in total. The lowest BCUT2D eigenvalue weighted by Crippen LogP contribution is -2.13. The number of aliphatic carboxylic acids is 1. The fraction of sp³-hybridized carbons (Fsp3) is 0.500. The molecular weight excluding hydrogens is 264 g/mol. The van der Waals surface area contributed by atoms with Gasteiger partial charge in [0.1, 0.15) is 5.75 Å². The van der Waals surface area contributed by atoms with E-state index in [0.29, 0.717) is 17.2 Å². The standard InChI is InChI=1S/C14H18O4S/c1-18-12-3-2-10(9-4-6-19-7-5-9)8-11(12)13(15)14(16)17/h2-3,8-9,13,15H,4-7H2,1H3,(H,16,17). The van der Waals surface area contributed by atoms with Crippen LogP contribution in [0, 0.1) is 0 Å². The number of rotatable bonds is 4. The van der Waals surface area contributed by atoms with E-state index in [4.69, 9.17) is 9.84 Å². The van der Waals surface area contributed by atoms with E-state index >= 15 is 0 Å². The zero-order chi connectivity index (χ0) is 13.8. The number of carbonyl (C=O) groups is 1. The van der Waals surface area contributed by atoms with Crippen LogP contribution in [0.1, 0.15) is 36.0 Å². The van der Waals surface area contributed by atoms with Gasteiger partial charge in [-0.3, -0.25) is 0 Å². The number of aliphatic hydroxyl groups excluding tert-OH is 1. The van der Waals surface area contributed by atoms with Crippen molar-refractivity contribution in [2.24, 2.45) is 0 Å². The minimum atomic E-state index is -1.53. The van der Waals surface area contributed by atoms with Crippen molar-refractivity contribution in [2.45, 2.75) is 24.9 Å². The van der Waals surface area contributed by atoms with E-state index in [1.54, 1.807) is 12.1 Å². The van der Waals surface area contributed by atoms with Gasteiger partial charge in [0.25, 0.3) is 0 Å². The monoisotopic (exact) mass is 282 g/mol. The SMILES string of the molecule is COc1ccc(C2CCSCC2)cc1C(O)C(=O)O. The zero-order valence-electron chi connectivity index (χ0n) is 10.8. The minimum Gasteiger partial charge on any atom is -0.496 e. The van der Waals surface area contributed by atoms with Crippen molar-refractivity contribution in [3.05, 3.63) is 29.3 Å². The lowest BCUT2D eigenvalue weighted by molar-refractivity contribution is -0.147. The summed E-state index contributed by atoms with van der Waals surface area (Å²) in [5, 5.41) is 18.7. The van der Waals surface area contributed by atoms with Gasteiger partial charge >= 0.3 is 5.97 Å². The molecule has 1 aliphatic rings. The fourth-order valence-corrected chi connectivity index (χ4v) is 3.49. The van der Waals surface area contributed by atoms with Gasteiger partial charge in [-0.2, -0.15) is 11.8 Å². The zero-order valence-corrected chi connectivity index (χ0v) is 11.7. The second-order valence-electron chi connectivity index (χ2n) is 4.63. The summed E-state index contributed by atoms with van der Waals surface area (Å²) in [4.78, 5) is 10.9. The Bertz CT molecular complexity index is 455. The predicted octanol–water partition coefficient (Wildman–Crippen LogP) is 2.42. The number of carboxylic acid groups (broad SMARTS) is 1. The second-order valence-corrected chi connectivity index (χ2v) is 5.85. The highest BCUT2D eigenvalue weighted by Crippen LogP contribution is 2.35.